The highest BCUT2D eigenvalue weighted by atomic mass is 16.5. The molecule has 7 heteroatoms. The lowest BCUT2D eigenvalue weighted by atomic mass is 9.85. The summed E-state index contributed by atoms with van der Waals surface area (Å²) in [5.74, 6) is 1.11. The lowest BCUT2D eigenvalue weighted by molar-refractivity contribution is 0.206. The van der Waals surface area contributed by atoms with Crippen molar-refractivity contribution < 1.29 is 14.9 Å². The summed E-state index contributed by atoms with van der Waals surface area (Å²) in [7, 11) is 1.61. The Labute approximate surface area is 175 Å². The first-order chi connectivity index (χ1) is 14.6. The van der Waals surface area contributed by atoms with Gasteiger partial charge in [-0.2, -0.15) is 0 Å². The van der Waals surface area contributed by atoms with Crippen LogP contribution in [0.3, 0.4) is 0 Å². The minimum atomic E-state index is -0.254. The maximum atomic E-state index is 9.86. The Hall–Kier alpha value is -3.03. The standard InChI is InChI=1S/C23H26N4O3/c1-23(14-29)8-5-19-17(23)12-16(13-25-19)18-6-9-24-22(26-18)27-20-4-3-15(7-10-28)11-21(20)30-2/h3-4,6,9,11-13,28-29H,5,7-8,10,14H2,1-2H3,(H,24,26,27). The van der Waals surface area contributed by atoms with Crippen LogP contribution in [0.4, 0.5) is 11.6 Å². The Balaban J connectivity index is 1.62. The van der Waals surface area contributed by atoms with Crippen LogP contribution in [0.1, 0.15) is 30.2 Å². The number of fused-ring (bicyclic) bond motifs is 1. The van der Waals surface area contributed by atoms with Gasteiger partial charge in [0, 0.05) is 35.7 Å². The van der Waals surface area contributed by atoms with E-state index < -0.39 is 0 Å². The predicted octanol–water partition coefficient (Wildman–Crippen LogP) is 3.02. The first kappa shape index (κ1) is 20.3. The molecule has 1 aliphatic rings. The number of pyridine rings is 1. The molecule has 0 saturated carbocycles. The number of rotatable bonds is 7. The fourth-order valence-electron chi connectivity index (χ4n) is 3.87. The molecule has 7 nitrogen and oxygen atoms in total. The first-order valence-corrected chi connectivity index (χ1v) is 10.0. The van der Waals surface area contributed by atoms with Crippen molar-refractivity contribution in [1.29, 1.82) is 0 Å². The van der Waals surface area contributed by atoms with E-state index in [9.17, 15) is 5.11 Å². The second-order valence-corrected chi connectivity index (χ2v) is 7.84. The van der Waals surface area contributed by atoms with Crippen molar-refractivity contribution in [3.05, 3.63) is 59.5 Å². The molecule has 3 aromatic rings. The SMILES string of the molecule is COc1cc(CCO)ccc1Nc1nccc(-c2cnc3c(c2)C(C)(CO)CC3)n1. The molecule has 1 aromatic carbocycles. The zero-order valence-corrected chi connectivity index (χ0v) is 17.2. The van der Waals surface area contributed by atoms with Crippen molar-refractivity contribution in [3.63, 3.8) is 0 Å². The molecule has 3 N–H and O–H groups in total. The van der Waals surface area contributed by atoms with E-state index in [4.69, 9.17) is 9.84 Å². The van der Waals surface area contributed by atoms with E-state index in [1.165, 1.54) is 0 Å². The highest BCUT2D eigenvalue weighted by molar-refractivity contribution is 5.66. The zero-order chi connectivity index (χ0) is 21.1. The molecule has 0 radical (unpaired) electrons. The number of nitrogens with one attached hydrogen (secondary N) is 1. The number of methoxy groups -OCH3 is 1. The van der Waals surface area contributed by atoms with E-state index in [0.717, 1.165) is 46.6 Å². The summed E-state index contributed by atoms with van der Waals surface area (Å²) in [4.78, 5) is 13.6. The number of hydrogen-bond donors (Lipinski definition) is 3. The van der Waals surface area contributed by atoms with E-state index in [-0.39, 0.29) is 18.6 Å². The lowest BCUT2D eigenvalue weighted by Crippen LogP contribution is -2.23. The van der Waals surface area contributed by atoms with Crippen molar-refractivity contribution >= 4 is 11.6 Å². The minimum Gasteiger partial charge on any atom is -0.495 e. The quantitative estimate of drug-likeness (QED) is 0.554. The monoisotopic (exact) mass is 406 g/mol. The Morgan fingerprint density at radius 2 is 2.03 bits per heavy atom. The van der Waals surface area contributed by atoms with Crippen molar-refractivity contribution in [2.24, 2.45) is 0 Å². The van der Waals surface area contributed by atoms with Gasteiger partial charge >= 0.3 is 0 Å². The molecule has 0 aliphatic heterocycles. The third kappa shape index (κ3) is 3.86. The summed E-state index contributed by atoms with van der Waals surface area (Å²) in [6, 6.07) is 9.65. The second kappa shape index (κ2) is 8.38. The number of aliphatic hydroxyl groups is 2. The summed E-state index contributed by atoms with van der Waals surface area (Å²) >= 11 is 0. The number of aromatic nitrogens is 3. The number of ether oxygens (including phenoxy) is 1. The third-order valence-corrected chi connectivity index (χ3v) is 5.75. The summed E-state index contributed by atoms with van der Waals surface area (Å²) in [6.45, 7) is 2.27. The van der Waals surface area contributed by atoms with Crippen LogP contribution in [-0.2, 0) is 18.3 Å². The van der Waals surface area contributed by atoms with E-state index in [0.29, 0.717) is 18.1 Å². The van der Waals surface area contributed by atoms with Gasteiger partial charge in [-0.15, -0.1) is 0 Å². The van der Waals surface area contributed by atoms with Gasteiger partial charge in [-0.3, -0.25) is 4.98 Å². The summed E-state index contributed by atoms with van der Waals surface area (Å²) in [5.41, 5.74) is 5.28. The molecule has 0 amide bonds. The van der Waals surface area contributed by atoms with E-state index in [1.54, 1.807) is 13.3 Å². The molecule has 0 saturated heterocycles. The van der Waals surface area contributed by atoms with E-state index in [1.807, 2.05) is 30.5 Å². The number of nitrogens with zero attached hydrogens (tertiary/aromatic N) is 3. The van der Waals surface area contributed by atoms with Gasteiger partial charge < -0.3 is 20.3 Å². The molecule has 30 heavy (non-hydrogen) atoms. The van der Waals surface area contributed by atoms with Gasteiger partial charge in [-0.25, -0.2) is 9.97 Å². The molecule has 1 aliphatic carbocycles. The number of anilines is 2. The van der Waals surface area contributed by atoms with Crippen LogP contribution in [0, 0.1) is 0 Å². The molecule has 1 atom stereocenters. The van der Waals surface area contributed by atoms with E-state index >= 15 is 0 Å². The summed E-state index contributed by atoms with van der Waals surface area (Å²) < 4.78 is 5.47. The van der Waals surface area contributed by atoms with E-state index in [2.05, 4.69) is 33.3 Å². The summed E-state index contributed by atoms with van der Waals surface area (Å²) in [6.07, 6.45) is 5.89. The first-order valence-electron chi connectivity index (χ1n) is 10.0. The molecule has 0 fully saturated rings. The average molecular weight is 406 g/mol. The molecule has 0 bridgehead atoms. The molecule has 4 rings (SSSR count). The maximum Gasteiger partial charge on any atom is 0.227 e. The van der Waals surface area contributed by atoms with Crippen LogP contribution in [0.5, 0.6) is 5.75 Å². The average Bonchev–Trinajstić information content (AvgIpc) is 3.12. The molecular weight excluding hydrogens is 380 g/mol. The van der Waals surface area contributed by atoms with Crippen LogP contribution >= 0.6 is 0 Å². The highest BCUT2D eigenvalue weighted by Crippen LogP contribution is 2.39. The Bertz CT molecular complexity index is 1060. The van der Waals surface area contributed by atoms with Gasteiger partial charge in [0.05, 0.1) is 25.1 Å². The fourth-order valence-corrected chi connectivity index (χ4v) is 3.87. The normalized spacial score (nSPS) is 17.6. The van der Waals surface area contributed by atoms with Crippen molar-refractivity contribution in [2.45, 2.75) is 31.6 Å². The molecule has 2 aromatic heterocycles. The topological polar surface area (TPSA) is 100 Å². The molecule has 0 spiro atoms. The van der Waals surface area contributed by atoms with Crippen LogP contribution in [0.25, 0.3) is 11.3 Å². The zero-order valence-electron chi connectivity index (χ0n) is 17.2. The van der Waals surface area contributed by atoms with Crippen LogP contribution in [-0.4, -0.2) is 45.5 Å². The number of aryl methyl sites for hydroxylation is 1. The Morgan fingerprint density at radius 3 is 2.80 bits per heavy atom. The van der Waals surface area contributed by atoms with Gasteiger partial charge in [-0.1, -0.05) is 13.0 Å². The van der Waals surface area contributed by atoms with Crippen LogP contribution in [0.15, 0.2) is 42.7 Å². The Morgan fingerprint density at radius 1 is 1.17 bits per heavy atom. The number of hydrogen-bond acceptors (Lipinski definition) is 7. The van der Waals surface area contributed by atoms with Gasteiger partial charge in [0.25, 0.3) is 0 Å². The molecule has 156 valence electrons. The van der Waals surface area contributed by atoms with Gasteiger partial charge in [0.15, 0.2) is 0 Å². The maximum absolute atomic E-state index is 9.86. The summed E-state index contributed by atoms with van der Waals surface area (Å²) in [5, 5.41) is 22.2. The van der Waals surface area contributed by atoms with Crippen molar-refractivity contribution in [3.8, 4) is 17.0 Å². The molecule has 2 heterocycles. The Kier molecular flexibility index (Phi) is 5.65. The van der Waals surface area contributed by atoms with Crippen LogP contribution < -0.4 is 10.1 Å². The van der Waals surface area contributed by atoms with Crippen molar-refractivity contribution in [1.82, 2.24) is 15.0 Å². The van der Waals surface area contributed by atoms with Gasteiger partial charge in [0.1, 0.15) is 5.75 Å². The second-order valence-electron chi connectivity index (χ2n) is 7.84. The lowest BCUT2D eigenvalue weighted by Gasteiger charge is -2.22. The third-order valence-electron chi connectivity index (χ3n) is 5.75. The number of benzene rings is 1. The largest absolute Gasteiger partial charge is 0.495 e. The minimum absolute atomic E-state index is 0.0885. The fraction of sp³-hybridized carbons (Fsp3) is 0.348. The molecule has 1 unspecified atom stereocenters. The molecular formula is C23H26N4O3. The van der Waals surface area contributed by atoms with Crippen LogP contribution in [0.2, 0.25) is 0 Å². The highest BCUT2D eigenvalue weighted by Gasteiger charge is 2.34. The predicted molar refractivity (Wildman–Crippen MR) is 115 cm³/mol. The van der Waals surface area contributed by atoms with Gasteiger partial charge in [0.2, 0.25) is 5.95 Å². The van der Waals surface area contributed by atoms with Crippen molar-refractivity contribution in [2.75, 3.05) is 25.6 Å². The van der Waals surface area contributed by atoms with Gasteiger partial charge in [-0.05, 0) is 54.7 Å². The smallest absolute Gasteiger partial charge is 0.227 e. The number of aliphatic hydroxyl groups excluding tert-OH is 2.